The molecule has 0 aromatic heterocycles. The molecule has 3 fully saturated rings. The van der Waals surface area contributed by atoms with Gasteiger partial charge in [-0.05, 0) is 61.7 Å². The van der Waals surface area contributed by atoms with E-state index in [0.717, 1.165) is 30.4 Å². The highest BCUT2D eigenvalue weighted by atomic mass is 16.3. The summed E-state index contributed by atoms with van der Waals surface area (Å²) in [6, 6.07) is 9.70. The summed E-state index contributed by atoms with van der Waals surface area (Å²) < 4.78 is 0. The van der Waals surface area contributed by atoms with Crippen molar-refractivity contribution >= 4 is 11.7 Å². The summed E-state index contributed by atoms with van der Waals surface area (Å²) in [5, 5.41) is 26.1. The molecule has 4 aliphatic rings. The average molecular weight is 436 g/mol. The summed E-state index contributed by atoms with van der Waals surface area (Å²) in [4.78, 5) is 25.3. The Kier molecular flexibility index (Phi) is 4.99. The maximum atomic E-state index is 13.3. The Balaban J connectivity index is 1.41. The van der Waals surface area contributed by atoms with E-state index in [0.29, 0.717) is 19.4 Å². The third-order valence-electron chi connectivity index (χ3n) is 9.32. The van der Waals surface area contributed by atoms with Gasteiger partial charge >= 0.3 is 0 Å². The van der Waals surface area contributed by atoms with E-state index in [1.165, 1.54) is 0 Å². The molecule has 170 valence electrons. The maximum absolute atomic E-state index is 13.3. The Morgan fingerprint density at radius 2 is 1.94 bits per heavy atom. The second kappa shape index (κ2) is 7.39. The summed E-state index contributed by atoms with van der Waals surface area (Å²) in [5.74, 6) is 0.0614. The standard InChI is InChI=1S/C27H33NO4/c1-25-12-10-19(29)14-18(25)8-9-20-21-11-13-27(32,26(21,2)15-22(30)23(20)25)24(31)28-16-17-6-4-3-5-7-17/h3-7,10,12,14,20-23,30,32H,8-9,11,13,15-16H2,1-2H3,(H,28,31)/t20?,21?,22?,23?,25?,26?,27-/m0/s1. The molecule has 5 rings (SSSR count). The van der Waals surface area contributed by atoms with Crippen molar-refractivity contribution in [2.75, 3.05) is 0 Å². The molecule has 1 aromatic rings. The van der Waals surface area contributed by atoms with Gasteiger partial charge in [0, 0.05) is 23.3 Å². The molecule has 5 heteroatoms. The lowest BCUT2D eigenvalue weighted by Gasteiger charge is -2.59. The van der Waals surface area contributed by atoms with Gasteiger partial charge < -0.3 is 15.5 Å². The zero-order valence-electron chi connectivity index (χ0n) is 18.9. The van der Waals surface area contributed by atoms with Crippen molar-refractivity contribution in [3.63, 3.8) is 0 Å². The number of aliphatic hydroxyl groups is 2. The van der Waals surface area contributed by atoms with E-state index in [1.54, 1.807) is 12.2 Å². The number of hydrogen-bond donors (Lipinski definition) is 3. The van der Waals surface area contributed by atoms with Gasteiger partial charge in [-0.2, -0.15) is 0 Å². The monoisotopic (exact) mass is 435 g/mol. The fraction of sp³-hybridized carbons (Fsp3) is 0.556. The van der Waals surface area contributed by atoms with Crippen molar-refractivity contribution in [1.29, 1.82) is 0 Å². The zero-order chi connectivity index (χ0) is 22.7. The molecule has 0 spiro atoms. The Bertz CT molecular complexity index is 1000. The van der Waals surface area contributed by atoms with Crippen LogP contribution in [0.15, 0.2) is 54.1 Å². The largest absolute Gasteiger partial charge is 0.393 e. The molecule has 0 saturated heterocycles. The van der Waals surface area contributed by atoms with Gasteiger partial charge in [-0.25, -0.2) is 0 Å². The van der Waals surface area contributed by atoms with E-state index in [2.05, 4.69) is 12.2 Å². The number of aliphatic hydroxyl groups excluding tert-OH is 1. The van der Waals surface area contributed by atoms with Gasteiger partial charge in [-0.3, -0.25) is 9.59 Å². The molecular weight excluding hydrogens is 402 g/mol. The fourth-order valence-electron chi connectivity index (χ4n) is 7.63. The number of carbonyl (C=O) groups excluding carboxylic acids is 2. The topological polar surface area (TPSA) is 86.6 Å². The lowest BCUT2D eigenvalue weighted by Crippen LogP contribution is -2.63. The van der Waals surface area contributed by atoms with Crippen LogP contribution >= 0.6 is 0 Å². The first-order valence-corrected chi connectivity index (χ1v) is 11.9. The van der Waals surface area contributed by atoms with Gasteiger partial charge in [0.05, 0.1) is 6.10 Å². The summed E-state index contributed by atoms with van der Waals surface area (Å²) in [6.07, 6.45) is 8.01. The van der Waals surface area contributed by atoms with Crippen LogP contribution in [0, 0.1) is 28.6 Å². The first-order valence-electron chi connectivity index (χ1n) is 11.9. The molecule has 5 nitrogen and oxygen atoms in total. The van der Waals surface area contributed by atoms with Crippen molar-refractivity contribution in [2.45, 2.75) is 64.2 Å². The smallest absolute Gasteiger partial charge is 0.252 e. The second-order valence-corrected chi connectivity index (χ2v) is 10.8. The molecule has 3 saturated carbocycles. The molecular formula is C27H33NO4. The first kappa shape index (κ1) is 21.6. The van der Waals surface area contributed by atoms with Gasteiger partial charge in [-0.15, -0.1) is 0 Å². The van der Waals surface area contributed by atoms with E-state index >= 15 is 0 Å². The summed E-state index contributed by atoms with van der Waals surface area (Å²) in [5.41, 5.74) is -0.407. The number of rotatable bonds is 3. The van der Waals surface area contributed by atoms with Crippen LogP contribution in [0.2, 0.25) is 0 Å². The van der Waals surface area contributed by atoms with Crippen LogP contribution in [0.4, 0.5) is 0 Å². The Morgan fingerprint density at radius 1 is 1.19 bits per heavy atom. The van der Waals surface area contributed by atoms with E-state index in [9.17, 15) is 19.8 Å². The van der Waals surface area contributed by atoms with Crippen molar-refractivity contribution in [2.24, 2.45) is 28.6 Å². The molecule has 1 amide bonds. The number of benzene rings is 1. The maximum Gasteiger partial charge on any atom is 0.252 e. The highest BCUT2D eigenvalue weighted by Crippen LogP contribution is 2.66. The summed E-state index contributed by atoms with van der Waals surface area (Å²) in [7, 11) is 0. The Morgan fingerprint density at radius 3 is 2.69 bits per heavy atom. The van der Waals surface area contributed by atoms with Gasteiger partial charge in [0.25, 0.3) is 5.91 Å². The van der Waals surface area contributed by atoms with Crippen LogP contribution < -0.4 is 5.32 Å². The zero-order valence-corrected chi connectivity index (χ0v) is 18.9. The minimum atomic E-state index is -1.49. The third-order valence-corrected chi connectivity index (χ3v) is 9.32. The lowest BCUT2D eigenvalue weighted by molar-refractivity contribution is -0.178. The van der Waals surface area contributed by atoms with Crippen LogP contribution in [-0.2, 0) is 16.1 Å². The van der Waals surface area contributed by atoms with Crippen LogP contribution in [0.5, 0.6) is 0 Å². The predicted octanol–water partition coefficient (Wildman–Crippen LogP) is 3.31. The number of hydrogen-bond acceptors (Lipinski definition) is 4. The Hall–Kier alpha value is -2.24. The summed E-state index contributed by atoms with van der Waals surface area (Å²) in [6.45, 7) is 4.51. The molecule has 7 atom stereocenters. The molecule has 0 radical (unpaired) electrons. The molecule has 0 aliphatic heterocycles. The van der Waals surface area contributed by atoms with Gasteiger partial charge in [0.15, 0.2) is 5.78 Å². The molecule has 6 unspecified atom stereocenters. The fourth-order valence-corrected chi connectivity index (χ4v) is 7.63. The minimum Gasteiger partial charge on any atom is -0.393 e. The molecule has 0 bridgehead atoms. The van der Waals surface area contributed by atoms with Gasteiger partial charge in [-0.1, -0.05) is 55.8 Å². The number of fused-ring (bicyclic) bond motifs is 5. The SMILES string of the molecule is CC12C=CC(=O)C=C1CCC1C2C(O)CC2(C)C1CC[C@]2(O)C(=O)NCc1ccccc1. The highest BCUT2D eigenvalue weighted by molar-refractivity contribution is 6.01. The molecule has 1 aromatic carbocycles. The molecule has 0 heterocycles. The van der Waals surface area contributed by atoms with Crippen molar-refractivity contribution in [3.05, 3.63) is 59.7 Å². The average Bonchev–Trinajstić information content (AvgIpc) is 3.04. The summed E-state index contributed by atoms with van der Waals surface area (Å²) >= 11 is 0. The van der Waals surface area contributed by atoms with E-state index in [-0.39, 0.29) is 34.9 Å². The number of ketones is 1. The lowest BCUT2D eigenvalue weighted by atomic mass is 9.46. The normalized spacial score (nSPS) is 42.5. The molecule has 4 aliphatic carbocycles. The van der Waals surface area contributed by atoms with Crippen LogP contribution in [0.3, 0.4) is 0 Å². The number of nitrogens with one attached hydrogen (secondary N) is 1. The van der Waals surface area contributed by atoms with Gasteiger partial charge in [0.1, 0.15) is 5.60 Å². The number of allylic oxidation sites excluding steroid dienone is 4. The van der Waals surface area contributed by atoms with Gasteiger partial charge in [0.2, 0.25) is 0 Å². The minimum absolute atomic E-state index is 0.000319. The first-order chi connectivity index (χ1) is 15.2. The van der Waals surface area contributed by atoms with E-state index < -0.39 is 17.1 Å². The predicted molar refractivity (Wildman–Crippen MR) is 121 cm³/mol. The van der Waals surface area contributed by atoms with Crippen molar-refractivity contribution in [1.82, 2.24) is 5.32 Å². The van der Waals surface area contributed by atoms with Crippen LogP contribution in [0.25, 0.3) is 0 Å². The van der Waals surface area contributed by atoms with Crippen molar-refractivity contribution < 1.29 is 19.8 Å². The molecule has 32 heavy (non-hydrogen) atoms. The quantitative estimate of drug-likeness (QED) is 0.680. The van der Waals surface area contributed by atoms with Crippen molar-refractivity contribution in [3.8, 4) is 0 Å². The Labute approximate surface area is 189 Å². The third kappa shape index (κ3) is 2.97. The number of carbonyl (C=O) groups is 2. The van der Waals surface area contributed by atoms with E-state index in [1.807, 2.05) is 43.3 Å². The van der Waals surface area contributed by atoms with E-state index in [4.69, 9.17) is 0 Å². The highest BCUT2D eigenvalue weighted by Gasteiger charge is 2.68. The second-order valence-electron chi connectivity index (χ2n) is 10.8. The van der Waals surface area contributed by atoms with Crippen LogP contribution in [-0.4, -0.2) is 33.6 Å². The molecule has 3 N–H and O–H groups in total. The number of amides is 1. The van der Waals surface area contributed by atoms with Crippen LogP contribution in [0.1, 0.15) is 51.5 Å².